The molecule has 2 rings (SSSR count). The minimum absolute atomic E-state index is 0.0211. The summed E-state index contributed by atoms with van der Waals surface area (Å²) in [5.41, 5.74) is 8.45. The van der Waals surface area contributed by atoms with Crippen molar-refractivity contribution in [2.45, 2.75) is 38.1 Å². The number of benzene rings is 1. The van der Waals surface area contributed by atoms with Gasteiger partial charge in [-0.3, -0.25) is 0 Å². The molecule has 0 spiro atoms. The molecule has 1 aliphatic carbocycles. The van der Waals surface area contributed by atoms with Gasteiger partial charge < -0.3 is 15.2 Å². The van der Waals surface area contributed by atoms with Crippen molar-refractivity contribution in [1.29, 1.82) is 0 Å². The Balaban J connectivity index is 2.67. The molecule has 2 N–H and O–H groups in total. The van der Waals surface area contributed by atoms with E-state index in [0.29, 0.717) is 10.8 Å². The molecule has 1 aromatic carbocycles. The summed E-state index contributed by atoms with van der Waals surface area (Å²) in [7, 11) is 3.25. The van der Waals surface area contributed by atoms with E-state index < -0.39 is 0 Å². The Morgan fingerprint density at radius 2 is 1.83 bits per heavy atom. The molecule has 0 aromatic heterocycles. The lowest BCUT2D eigenvalue weighted by atomic mass is 9.85. The van der Waals surface area contributed by atoms with E-state index in [1.807, 2.05) is 19.9 Å². The van der Waals surface area contributed by atoms with Gasteiger partial charge in [-0.15, -0.1) is 0 Å². The molecule has 0 radical (unpaired) electrons. The Kier molecular flexibility index (Phi) is 3.47. The number of aryl methyl sites for hydroxylation is 1. The molecule has 3 nitrogen and oxygen atoms in total. The van der Waals surface area contributed by atoms with Crippen LogP contribution in [0.1, 0.15) is 30.9 Å². The SMILES string of the molecule is COc1c(Cl)cc(C)c(C2(C(C)N)CC2)c1OC. The van der Waals surface area contributed by atoms with Crippen molar-refractivity contribution in [3.8, 4) is 11.5 Å². The van der Waals surface area contributed by atoms with Gasteiger partial charge in [0.25, 0.3) is 0 Å². The van der Waals surface area contributed by atoms with Crippen LogP contribution >= 0.6 is 11.6 Å². The summed E-state index contributed by atoms with van der Waals surface area (Å²) >= 11 is 6.20. The Morgan fingerprint density at radius 3 is 2.22 bits per heavy atom. The summed E-state index contributed by atoms with van der Waals surface area (Å²) in [5, 5.41) is 0.580. The maximum absolute atomic E-state index is 6.20. The average molecular weight is 270 g/mol. The third-order valence-corrected chi connectivity index (χ3v) is 4.23. The zero-order valence-corrected chi connectivity index (χ0v) is 12.1. The molecule has 4 heteroatoms. The highest BCUT2D eigenvalue weighted by Gasteiger charge is 2.50. The molecule has 1 aromatic rings. The van der Waals surface area contributed by atoms with Crippen LogP contribution in [0.15, 0.2) is 6.07 Å². The lowest BCUT2D eigenvalue weighted by Gasteiger charge is -2.26. The summed E-state index contributed by atoms with van der Waals surface area (Å²) in [6.07, 6.45) is 2.18. The minimum Gasteiger partial charge on any atom is -0.492 e. The van der Waals surface area contributed by atoms with E-state index in [0.717, 1.165) is 29.7 Å². The van der Waals surface area contributed by atoms with Gasteiger partial charge in [0, 0.05) is 17.0 Å². The molecule has 1 atom stereocenters. The van der Waals surface area contributed by atoms with Crippen LogP contribution in [0.25, 0.3) is 0 Å². The van der Waals surface area contributed by atoms with E-state index in [1.165, 1.54) is 0 Å². The summed E-state index contributed by atoms with van der Waals surface area (Å²) < 4.78 is 10.9. The summed E-state index contributed by atoms with van der Waals surface area (Å²) in [4.78, 5) is 0. The molecule has 0 saturated heterocycles. The van der Waals surface area contributed by atoms with Crippen molar-refractivity contribution in [2.24, 2.45) is 5.73 Å². The smallest absolute Gasteiger partial charge is 0.179 e. The van der Waals surface area contributed by atoms with E-state index in [1.54, 1.807) is 14.2 Å². The van der Waals surface area contributed by atoms with Gasteiger partial charge in [-0.05, 0) is 38.3 Å². The first-order chi connectivity index (χ1) is 8.47. The Morgan fingerprint density at radius 1 is 1.28 bits per heavy atom. The lowest BCUT2D eigenvalue weighted by molar-refractivity contribution is 0.345. The van der Waals surface area contributed by atoms with Gasteiger partial charge in [-0.1, -0.05) is 11.6 Å². The van der Waals surface area contributed by atoms with Gasteiger partial charge in [0.15, 0.2) is 11.5 Å². The number of methoxy groups -OCH3 is 2. The Labute approximate surface area is 113 Å². The number of halogens is 1. The molecule has 18 heavy (non-hydrogen) atoms. The predicted octanol–water partition coefficient (Wildman–Crippen LogP) is 3.04. The second-order valence-corrected chi connectivity index (χ2v) is 5.47. The van der Waals surface area contributed by atoms with Crippen molar-refractivity contribution >= 4 is 11.6 Å². The van der Waals surface area contributed by atoms with Gasteiger partial charge in [-0.25, -0.2) is 0 Å². The summed E-state index contributed by atoms with van der Waals surface area (Å²) in [6, 6.07) is 2.02. The van der Waals surface area contributed by atoms with Crippen LogP contribution in [-0.2, 0) is 5.41 Å². The lowest BCUT2D eigenvalue weighted by Crippen LogP contribution is -2.32. The van der Waals surface area contributed by atoms with Gasteiger partial charge in [0.05, 0.1) is 19.2 Å². The third-order valence-electron chi connectivity index (χ3n) is 3.95. The minimum atomic E-state index is 0.0211. The fraction of sp³-hybridized carbons (Fsp3) is 0.571. The Hall–Kier alpha value is -0.930. The van der Waals surface area contributed by atoms with Crippen LogP contribution in [0.3, 0.4) is 0 Å². The molecule has 1 saturated carbocycles. The van der Waals surface area contributed by atoms with Crippen LogP contribution < -0.4 is 15.2 Å². The third kappa shape index (κ3) is 1.86. The first kappa shape index (κ1) is 13.5. The largest absolute Gasteiger partial charge is 0.492 e. The first-order valence-corrected chi connectivity index (χ1v) is 6.53. The predicted molar refractivity (Wildman–Crippen MR) is 73.9 cm³/mol. The number of hydrogen-bond acceptors (Lipinski definition) is 3. The molecule has 1 aliphatic rings. The standard InChI is InChI=1S/C14H20ClNO2/c1-8-7-10(15)12(17-3)13(18-4)11(8)14(5-6-14)9(2)16/h7,9H,5-6,16H2,1-4H3. The fourth-order valence-electron chi connectivity index (χ4n) is 2.80. The quantitative estimate of drug-likeness (QED) is 0.914. The van der Waals surface area contributed by atoms with E-state index in [2.05, 4.69) is 0 Å². The van der Waals surface area contributed by atoms with Crippen LogP contribution in [-0.4, -0.2) is 20.3 Å². The number of ether oxygens (including phenoxy) is 2. The highest BCUT2D eigenvalue weighted by molar-refractivity contribution is 6.32. The molecular formula is C14H20ClNO2. The molecule has 1 fully saturated rings. The molecule has 0 bridgehead atoms. The second kappa shape index (κ2) is 4.63. The number of nitrogens with two attached hydrogens (primary N) is 1. The van der Waals surface area contributed by atoms with Crippen molar-refractivity contribution in [1.82, 2.24) is 0 Å². The summed E-state index contributed by atoms with van der Waals surface area (Å²) in [5.74, 6) is 1.34. The Bertz CT molecular complexity index is 467. The van der Waals surface area contributed by atoms with Crippen LogP contribution in [0.5, 0.6) is 11.5 Å². The fourth-order valence-corrected chi connectivity index (χ4v) is 3.13. The van der Waals surface area contributed by atoms with E-state index in [-0.39, 0.29) is 11.5 Å². The highest BCUT2D eigenvalue weighted by atomic mass is 35.5. The molecular weight excluding hydrogens is 250 g/mol. The molecule has 1 unspecified atom stereocenters. The average Bonchev–Trinajstić information content (AvgIpc) is 3.09. The van der Waals surface area contributed by atoms with Gasteiger partial charge in [0.1, 0.15) is 0 Å². The maximum Gasteiger partial charge on any atom is 0.179 e. The zero-order valence-electron chi connectivity index (χ0n) is 11.3. The van der Waals surface area contributed by atoms with E-state index in [9.17, 15) is 0 Å². The van der Waals surface area contributed by atoms with Crippen molar-refractivity contribution < 1.29 is 9.47 Å². The number of hydrogen-bond donors (Lipinski definition) is 1. The van der Waals surface area contributed by atoms with Crippen LogP contribution in [0.4, 0.5) is 0 Å². The molecule has 0 heterocycles. The van der Waals surface area contributed by atoms with E-state index >= 15 is 0 Å². The van der Waals surface area contributed by atoms with Crippen LogP contribution in [0, 0.1) is 6.92 Å². The van der Waals surface area contributed by atoms with Crippen molar-refractivity contribution in [3.63, 3.8) is 0 Å². The highest BCUT2D eigenvalue weighted by Crippen LogP contribution is 2.57. The number of rotatable bonds is 4. The molecule has 0 aliphatic heterocycles. The molecule has 100 valence electrons. The van der Waals surface area contributed by atoms with Gasteiger partial charge in [-0.2, -0.15) is 0 Å². The van der Waals surface area contributed by atoms with Gasteiger partial charge in [0.2, 0.25) is 0 Å². The van der Waals surface area contributed by atoms with Crippen molar-refractivity contribution in [3.05, 3.63) is 22.2 Å². The summed E-state index contributed by atoms with van der Waals surface area (Å²) in [6.45, 7) is 4.10. The topological polar surface area (TPSA) is 44.5 Å². The van der Waals surface area contributed by atoms with Crippen molar-refractivity contribution in [2.75, 3.05) is 14.2 Å². The first-order valence-electron chi connectivity index (χ1n) is 6.15. The normalized spacial score (nSPS) is 18.3. The van der Waals surface area contributed by atoms with Crippen LogP contribution in [0.2, 0.25) is 5.02 Å². The monoisotopic (exact) mass is 269 g/mol. The van der Waals surface area contributed by atoms with Gasteiger partial charge >= 0.3 is 0 Å². The zero-order chi connectivity index (χ0) is 13.5. The molecule has 0 amide bonds. The maximum atomic E-state index is 6.20. The second-order valence-electron chi connectivity index (χ2n) is 5.06. The van der Waals surface area contributed by atoms with E-state index in [4.69, 9.17) is 26.8 Å².